The van der Waals surface area contributed by atoms with E-state index < -0.39 is 0 Å². The number of phenols is 1. The molecule has 0 saturated heterocycles. The first-order valence-electron chi connectivity index (χ1n) is 8.29. The number of methoxy groups -OCH3 is 1. The average Bonchev–Trinajstić information content (AvgIpc) is 2.96. The summed E-state index contributed by atoms with van der Waals surface area (Å²) in [5.74, 6) is 0.585. The van der Waals surface area contributed by atoms with Gasteiger partial charge in [-0.15, -0.1) is 0 Å². The van der Waals surface area contributed by atoms with Gasteiger partial charge in [0, 0.05) is 16.8 Å². The van der Waals surface area contributed by atoms with Crippen LogP contribution in [0.25, 0.3) is 11.3 Å². The average molecular weight is 335 g/mol. The zero-order valence-electron chi connectivity index (χ0n) is 14.8. The van der Waals surface area contributed by atoms with E-state index in [-0.39, 0.29) is 11.9 Å². The molecule has 5 nitrogen and oxygen atoms in total. The van der Waals surface area contributed by atoms with E-state index in [2.05, 4.69) is 42.5 Å². The van der Waals surface area contributed by atoms with Crippen LogP contribution >= 0.6 is 0 Å². The Balaban J connectivity index is 1.90. The molecule has 0 spiro atoms. The van der Waals surface area contributed by atoms with Gasteiger partial charge in [-0.1, -0.05) is 17.7 Å². The van der Waals surface area contributed by atoms with E-state index in [4.69, 9.17) is 4.74 Å². The van der Waals surface area contributed by atoms with Crippen molar-refractivity contribution >= 4 is 5.69 Å². The van der Waals surface area contributed by atoms with E-state index in [1.807, 2.05) is 17.7 Å². The van der Waals surface area contributed by atoms with Gasteiger partial charge in [-0.25, -0.2) is 4.68 Å². The van der Waals surface area contributed by atoms with E-state index in [1.54, 1.807) is 19.2 Å². The van der Waals surface area contributed by atoms with Crippen LogP contribution in [0, 0.1) is 20.8 Å². The summed E-state index contributed by atoms with van der Waals surface area (Å²) in [5, 5.41) is 18.5. The summed E-state index contributed by atoms with van der Waals surface area (Å²) < 4.78 is 7.14. The van der Waals surface area contributed by atoms with Gasteiger partial charge in [0.1, 0.15) is 6.17 Å². The maximum Gasteiger partial charge on any atom is 0.160 e. The van der Waals surface area contributed by atoms with Crippen LogP contribution in [0.15, 0.2) is 36.4 Å². The molecule has 1 atom stereocenters. The SMILES string of the molecule is COc1ccc([C@H]2Nc3c(C)cc(C)cc3-c3cc(C)nn32)cc1O. The number of nitrogens with one attached hydrogen (secondary N) is 1. The van der Waals surface area contributed by atoms with Crippen molar-refractivity contribution in [3.63, 3.8) is 0 Å². The van der Waals surface area contributed by atoms with Gasteiger partial charge in [0.25, 0.3) is 0 Å². The smallest absolute Gasteiger partial charge is 0.160 e. The molecule has 128 valence electrons. The summed E-state index contributed by atoms with van der Waals surface area (Å²) in [6, 6.07) is 11.9. The summed E-state index contributed by atoms with van der Waals surface area (Å²) in [5.41, 5.74) is 7.66. The van der Waals surface area contributed by atoms with E-state index in [1.165, 1.54) is 11.1 Å². The van der Waals surface area contributed by atoms with Gasteiger partial charge in [0.2, 0.25) is 0 Å². The molecule has 2 aromatic carbocycles. The lowest BCUT2D eigenvalue weighted by Crippen LogP contribution is -2.26. The van der Waals surface area contributed by atoms with Crippen LogP contribution in [-0.4, -0.2) is 22.0 Å². The van der Waals surface area contributed by atoms with E-state index in [0.717, 1.165) is 28.2 Å². The molecular formula is C20H21N3O2. The highest BCUT2D eigenvalue weighted by molar-refractivity contribution is 5.82. The Kier molecular flexibility index (Phi) is 3.46. The van der Waals surface area contributed by atoms with Crippen LogP contribution in [0.1, 0.15) is 28.6 Å². The van der Waals surface area contributed by atoms with Gasteiger partial charge in [-0.3, -0.25) is 0 Å². The first-order chi connectivity index (χ1) is 12.0. The highest BCUT2D eigenvalue weighted by Gasteiger charge is 2.28. The Morgan fingerprint density at radius 3 is 2.64 bits per heavy atom. The van der Waals surface area contributed by atoms with Crippen LogP contribution in [0.5, 0.6) is 11.5 Å². The van der Waals surface area contributed by atoms with Crippen molar-refractivity contribution in [1.82, 2.24) is 9.78 Å². The lowest BCUT2D eigenvalue weighted by Gasteiger charge is -2.31. The number of benzene rings is 2. The second kappa shape index (κ2) is 5.55. The summed E-state index contributed by atoms with van der Waals surface area (Å²) >= 11 is 0. The third-order valence-electron chi connectivity index (χ3n) is 4.66. The van der Waals surface area contributed by atoms with Crippen LogP contribution in [0.4, 0.5) is 5.69 Å². The van der Waals surface area contributed by atoms with Gasteiger partial charge >= 0.3 is 0 Å². The molecule has 0 bridgehead atoms. The summed E-state index contributed by atoms with van der Waals surface area (Å²) in [7, 11) is 1.55. The monoisotopic (exact) mass is 335 g/mol. The Morgan fingerprint density at radius 2 is 1.92 bits per heavy atom. The molecule has 0 aliphatic carbocycles. The zero-order valence-corrected chi connectivity index (χ0v) is 14.8. The Bertz CT molecular complexity index is 975. The number of rotatable bonds is 2. The minimum Gasteiger partial charge on any atom is -0.504 e. The molecule has 5 heteroatoms. The number of fused-ring (bicyclic) bond motifs is 3. The fourth-order valence-corrected chi connectivity index (χ4v) is 3.58. The first-order valence-corrected chi connectivity index (χ1v) is 8.29. The first kappa shape index (κ1) is 15.6. The second-order valence-corrected chi connectivity index (χ2v) is 6.60. The molecule has 0 amide bonds. The molecule has 2 heterocycles. The summed E-state index contributed by atoms with van der Waals surface area (Å²) in [6.07, 6.45) is -0.186. The van der Waals surface area contributed by atoms with Gasteiger partial charge in [-0.05, 0) is 50.6 Å². The molecule has 0 saturated carbocycles. The number of aromatic hydroxyl groups is 1. The van der Waals surface area contributed by atoms with Crippen LogP contribution in [0.3, 0.4) is 0 Å². The third-order valence-corrected chi connectivity index (χ3v) is 4.66. The molecule has 4 rings (SSSR count). The Hall–Kier alpha value is -2.95. The van der Waals surface area contributed by atoms with E-state index in [0.29, 0.717) is 5.75 Å². The third kappa shape index (κ3) is 2.43. The van der Waals surface area contributed by atoms with E-state index in [9.17, 15) is 5.11 Å². The summed E-state index contributed by atoms with van der Waals surface area (Å²) in [6.45, 7) is 6.21. The van der Waals surface area contributed by atoms with Crippen molar-refractivity contribution in [1.29, 1.82) is 0 Å². The molecule has 2 N–H and O–H groups in total. The van der Waals surface area contributed by atoms with Gasteiger partial charge in [-0.2, -0.15) is 5.10 Å². The van der Waals surface area contributed by atoms with Crippen LogP contribution < -0.4 is 10.1 Å². The number of ether oxygens (including phenoxy) is 1. The maximum atomic E-state index is 10.2. The predicted octanol–water partition coefficient (Wildman–Crippen LogP) is 4.16. The lowest BCUT2D eigenvalue weighted by atomic mass is 9.98. The quantitative estimate of drug-likeness (QED) is 0.738. The van der Waals surface area contributed by atoms with Gasteiger partial charge in [0.05, 0.1) is 18.5 Å². The van der Waals surface area contributed by atoms with E-state index >= 15 is 0 Å². The normalized spacial score (nSPS) is 15.3. The molecular weight excluding hydrogens is 314 g/mol. The highest BCUT2D eigenvalue weighted by Crippen LogP contribution is 2.42. The molecule has 0 unspecified atom stereocenters. The number of aryl methyl sites for hydroxylation is 3. The second-order valence-electron chi connectivity index (χ2n) is 6.60. The Morgan fingerprint density at radius 1 is 1.12 bits per heavy atom. The number of nitrogens with zero attached hydrogens (tertiary/aromatic N) is 2. The zero-order chi connectivity index (χ0) is 17.7. The molecule has 0 radical (unpaired) electrons. The highest BCUT2D eigenvalue weighted by atomic mass is 16.5. The van der Waals surface area contributed by atoms with Crippen molar-refractivity contribution in [2.75, 3.05) is 12.4 Å². The largest absolute Gasteiger partial charge is 0.504 e. The topological polar surface area (TPSA) is 59.3 Å². The number of hydrogen-bond donors (Lipinski definition) is 2. The van der Waals surface area contributed by atoms with Crippen molar-refractivity contribution < 1.29 is 9.84 Å². The van der Waals surface area contributed by atoms with Crippen molar-refractivity contribution in [2.45, 2.75) is 26.9 Å². The molecule has 1 aromatic heterocycles. The standard InChI is InChI=1S/C20H21N3O2/c1-11-7-12(2)19-15(8-11)16-9-13(3)22-23(16)20(21-19)14-5-6-18(25-4)17(24)10-14/h5-10,20-21,24H,1-4H3/t20-/m0/s1. The number of anilines is 1. The molecule has 3 aromatic rings. The number of hydrogen-bond acceptors (Lipinski definition) is 4. The van der Waals surface area contributed by atoms with Crippen molar-refractivity contribution in [3.8, 4) is 22.8 Å². The fraction of sp³-hybridized carbons (Fsp3) is 0.250. The van der Waals surface area contributed by atoms with Crippen molar-refractivity contribution in [2.24, 2.45) is 0 Å². The van der Waals surface area contributed by atoms with Crippen LogP contribution in [-0.2, 0) is 0 Å². The fourth-order valence-electron chi connectivity index (χ4n) is 3.58. The van der Waals surface area contributed by atoms with Crippen LogP contribution in [0.2, 0.25) is 0 Å². The maximum absolute atomic E-state index is 10.2. The minimum atomic E-state index is -0.186. The molecule has 25 heavy (non-hydrogen) atoms. The molecule has 0 fully saturated rings. The minimum absolute atomic E-state index is 0.124. The Labute approximate surface area is 146 Å². The molecule has 1 aliphatic heterocycles. The van der Waals surface area contributed by atoms with Crippen molar-refractivity contribution in [3.05, 3.63) is 58.8 Å². The van der Waals surface area contributed by atoms with Gasteiger partial charge < -0.3 is 15.2 Å². The van der Waals surface area contributed by atoms with Gasteiger partial charge in [0.15, 0.2) is 11.5 Å². The number of aromatic nitrogens is 2. The number of phenolic OH excluding ortho intramolecular Hbond substituents is 1. The lowest BCUT2D eigenvalue weighted by molar-refractivity contribution is 0.372. The predicted molar refractivity (Wildman–Crippen MR) is 98.3 cm³/mol. The summed E-state index contributed by atoms with van der Waals surface area (Å²) in [4.78, 5) is 0. The molecule has 1 aliphatic rings.